The summed E-state index contributed by atoms with van der Waals surface area (Å²) in [6.45, 7) is 0. The fourth-order valence-corrected chi connectivity index (χ4v) is 1.99. The molecule has 1 aromatic carbocycles. The molecule has 17 heavy (non-hydrogen) atoms. The molecule has 0 aliphatic heterocycles. The van der Waals surface area contributed by atoms with Crippen LogP contribution in [0.25, 0.3) is 0 Å². The van der Waals surface area contributed by atoms with Crippen molar-refractivity contribution in [3.8, 4) is 5.75 Å². The summed E-state index contributed by atoms with van der Waals surface area (Å²) in [6.07, 6.45) is -9.81. The summed E-state index contributed by atoms with van der Waals surface area (Å²) in [5.41, 5.74) is -2.87. The van der Waals surface area contributed by atoms with E-state index in [1.807, 2.05) is 0 Å². The molecule has 0 bridgehead atoms. The zero-order valence-corrected chi connectivity index (χ0v) is 9.79. The summed E-state index contributed by atoms with van der Waals surface area (Å²) < 4.78 is 78.3. The van der Waals surface area contributed by atoms with Crippen LogP contribution < -0.4 is 4.74 Å². The number of benzene rings is 1. The van der Waals surface area contributed by atoms with Crippen molar-refractivity contribution in [2.75, 3.05) is 7.11 Å². The van der Waals surface area contributed by atoms with Crippen LogP contribution in [-0.2, 0) is 12.4 Å². The van der Waals surface area contributed by atoms with Gasteiger partial charge >= 0.3 is 12.4 Å². The van der Waals surface area contributed by atoms with Crippen molar-refractivity contribution in [2.24, 2.45) is 0 Å². The Morgan fingerprint density at radius 2 is 1.53 bits per heavy atom. The van der Waals surface area contributed by atoms with Gasteiger partial charge in [-0.15, -0.1) is 0 Å². The topological polar surface area (TPSA) is 9.23 Å². The zero-order valence-electron chi connectivity index (χ0n) is 8.21. The van der Waals surface area contributed by atoms with E-state index in [1.54, 1.807) is 0 Å². The van der Waals surface area contributed by atoms with Crippen LogP contribution in [0.15, 0.2) is 16.6 Å². The molecule has 0 N–H and O–H groups in total. The summed E-state index contributed by atoms with van der Waals surface area (Å²) >= 11 is 2.32. The number of hydrogen-bond acceptors (Lipinski definition) is 1. The van der Waals surface area contributed by atoms with Gasteiger partial charge in [-0.3, -0.25) is 0 Å². The third-order valence-corrected chi connectivity index (χ3v) is 2.74. The van der Waals surface area contributed by atoms with Crippen LogP contribution in [0.5, 0.6) is 5.75 Å². The van der Waals surface area contributed by atoms with Gasteiger partial charge in [0.25, 0.3) is 0 Å². The Kier molecular flexibility index (Phi) is 3.66. The Hall–Kier alpha value is -0.920. The van der Waals surface area contributed by atoms with Gasteiger partial charge in [-0.05, 0) is 28.1 Å². The van der Waals surface area contributed by atoms with E-state index in [1.165, 1.54) is 0 Å². The standard InChI is InChI=1S/C9H5BrF6O/c1-17-5-3-2-4(8(11,12)13)7(10)6(5)9(14,15)16/h2-3H,1H3. The average Bonchev–Trinajstić information content (AvgIpc) is 2.12. The minimum absolute atomic E-state index is 0.526. The lowest BCUT2D eigenvalue weighted by Crippen LogP contribution is -2.14. The maximum atomic E-state index is 12.6. The van der Waals surface area contributed by atoms with E-state index in [9.17, 15) is 26.3 Å². The molecule has 0 fully saturated rings. The van der Waals surface area contributed by atoms with Crippen molar-refractivity contribution in [3.63, 3.8) is 0 Å². The molecule has 8 heteroatoms. The highest BCUT2D eigenvalue weighted by Crippen LogP contribution is 2.46. The zero-order chi connectivity index (χ0) is 13.4. The molecule has 0 saturated carbocycles. The van der Waals surface area contributed by atoms with Crippen LogP contribution in [0.1, 0.15) is 11.1 Å². The van der Waals surface area contributed by atoms with Gasteiger partial charge in [-0.2, -0.15) is 26.3 Å². The first-order valence-electron chi connectivity index (χ1n) is 4.10. The highest BCUT2D eigenvalue weighted by atomic mass is 79.9. The number of methoxy groups -OCH3 is 1. The Morgan fingerprint density at radius 1 is 1.00 bits per heavy atom. The first kappa shape index (κ1) is 14.1. The predicted molar refractivity (Wildman–Crippen MR) is 50.7 cm³/mol. The van der Waals surface area contributed by atoms with Gasteiger partial charge in [0.05, 0.1) is 12.7 Å². The molecule has 0 aliphatic carbocycles. The minimum Gasteiger partial charge on any atom is -0.496 e. The average molecular weight is 323 g/mol. The van der Waals surface area contributed by atoms with Gasteiger partial charge in [-0.25, -0.2) is 0 Å². The molecule has 1 aromatic rings. The molecule has 0 unspecified atom stereocenters. The molecule has 0 radical (unpaired) electrons. The van der Waals surface area contributed by atoms with Crippen molar-refractivity contribution in [2.45, 2.75) is 12.4 Å². The fourth-order valence-electron chi connectivity index (χ4n) is 1.21. The second-order valence-corrected chi connectivity index (χ2v) is 3.79. The Labute approximate surface area is 101 Å². The highest BCUT2D eigenvalue weighted by Gasteiger charge is 2.42. The Morgan fingerprint density at radius 3 is 1.88 bits per heavy atom. The molecule has 0 aliphatic rings. The summed E-state index contributed by atoms with van der Waals surface area (Å²) in [7, 11) is 0.949. The van der Waals surface area contributed by atoms with Crippen LogP contribution in [0.4, 0.5) is 26.3 Å². The Balaban J connectivity index is 3.55. The van der Waals surface area contributed by atoms with Crippen LogP contribution in [0, 0.1) is 0 Å². The highest BCUT2D eigenvalue weighted by molar-refractivity contribution is 9.10. The first-order valence-corrected chi connectivity index (χ1v) is 4.89. The van der Waals surface area contributed by atoms with Crippen LogP contribution >= 0.6 is 15.9 Å². The van der Waals surface area contributed by atoms with Gasteiger partial charge in [-0.1, -0.05) is 0 Å². The van der Waals surface area contributed by atoms with Crippen molar-refractivity contribution < 1.29 is 31.1 Å². The number of halogens is 7. The third-order valence-electron chi connectivity index (χ3n) is 1.91. The van der Waals surface area contributed by atoms with E-state index in [0.29, 0.717) is 12.1 Å². The largest absolute Gasteiger partial charge is 0.496 e. The molecule has 0 amide bonds. The van der Waals surface area contributed by atoms with Gasteiger partial charge in [0.15, 0.2) is 0 Å². The summed E-state index contributed by atoms with van der Waals surface area (Å²) in [4.78, 5) is 0. The minimum atomic E-state index is -4.94. The lowest BCUT2D eigenvalue weighted by molar-refractivity contribution is -0.144. The lowest BCUT2D eigenvalue weighted by atomic mass is 10.1. The van der Waals surface area contributed by atoms with E-state index in [0.717, 1.165) is 7.11 Å². The quantitative estimate of drug-likeness (QED) is 0.692. The maximum absolute atomic E-state index is 12.6. The van der Waals surface area contributed by atoms with Gasteiger partial charge in [0.2, 0.25) is 0 Å². The number of alkyl halides is 6. The molecule has 0 heterocycles. The summed E-state index contributed by atoms with van der Waals surface area (Å²) in [6, 6.07) is 1.16. The number of hydrogen-bond donors (Lipinski definition) is 0. The predicted octanol–water partition coefficient (Wildman–Crippen LogP) is 4.50. The monoisotopic (exact) mass is 322 g/mol. The first-order chi connectivity index (χ1) is 7.59. The normalized spacial score (nSPS) is 12.7. The van der Waals surface area contributed by atoms with E-state index in [4.69, 9.17) is 0 Å². The van der Waals surface area contributed by atoms with E-state index in [-0.39, 0.29) is 0 Å². The molecule has 0 aromatic heterocycles. The molecule has 96 valence electrons. The molecule has 0 atom stereocenters. The van der Waals surface area contributed by atoms with E-state index in [2.05, 4.69) is 20.7 Å². The van der Waals surface area contributed by atoms with Crippen LogP contribution in [-0.4, -0.2) is 7.11 Å². The Bertz CT molecular complexity index is 423. The molecular formula is C9H5BrF6O. The fraction of sp³-hybridized carbons (Fsp3) is 0.333. The van der Waals surface area contributed by atoms with Crippen molar-refractivity contribution in [3.05, 3.63) is 27.7 Å². The van der Waals surface area contributed by atoms with Crippen molar-refractivity contribution >= 4 is 15.9 Å². The SMILES string of the molecule is COc1ccc(C(F)(F)F)c(Br)c1C(F)(F)F. The molecule has 0 saturated heterocycles. The van der Waals surface area contributed by atoms with E-state index < -0.39 is 33.7 Å². The molecule has 1 nitrogen and oxygen atoms in total. The summed E-state index contributed by atoms with van der Waals surface area (Å²) in [5, 5.41) is 0. The molecule has 1 rings (SSSR count). The second kappa shape index (κ2) is 4.40. The van der Waals surface area contributed by atoms with Gasteiger partial charge < -0.3 is 4.74 Å². The second-order valence-electron chi connectivity index (χ2n) is 3.00. The lowest BCUT2D eigenvalue weighted by Gasteiger charge is -2.17. The van der Waals surface area contributed by atoms with Crippen LogP contribution in [0.3, 0.4) is 0 Å². The third kappa shape index (κ3) is 2.85. The molecule has 0 spiro atoms. The maximum Gasteiger partial charge on any atom is 0.421 e. The van der Waals surface area contributed by atoms with Gasteiger partial charge in [0, 0.05) is 4.47 Å². The number of rotatable bonds is 1. The van der Waals surface area contributed by atoms with Gasteiger partial charge in [0.1, 0.15) is 11.3 Å². The van der Waals surface area contributed by atoms with E-state index >= 15 is 0 Å². The van der Waals surface area contributed by atoms with Crippen molar-refractivity contribution in [1.29, 1.82) is 0 Å². The summed E-state index contributed by atoms with van der Waals surface area (Å²) in [5.74, 6) is -0.669. The molecular weight excluding hydrogens is 318 g/mol. The smallest absolute Gasteiger partial charge is 0.421 e. The van der Waals surface area contributed by atoms with Crippen LogP contribution in [0.2, 0.25) is 0 Å². The van der Waals surface area contributed by atoms with Crippen molar-refractivity contribution in [1.82, 2.24) is 0 Å². The number of ether oxygens (including phenoxy) is 1.